The van der Waals surface area contributed by atoms with Gasteiger partial charge in [-0.1, -0.05) is 12.2 Å². The topological polar surface area (TPSA) is 9.23 Å². The Kier molecular flexibility index (Phi) is 1.95. The molecule has 0 aromatic heterocycles. The summed E-state index contributed by atoms with van der Waals surface area (Å²) in [6, 6.07) is 0. The molecule has 1 aliphatic rings. The Morgan fingerprint density at radius 3 is 2.90 bits per heavy atom. The zero-order chi connectivity index (χ0) is 7.61. The smallest absolute Gasteiger partial charge is 0.124 e. The van der Waals surface area contributed by atoms with Crippen LogP contribution < -0.4 is 0 Å². The molecule has 10 heavy (non-hydrogen) atoms. The highest BCUT2D eigenvalue weighted by molar-refractivity contribution is 6.16. The molecule has 0 N–H and O–H groups in total. The minimum Gasteiger partial charge on any atom is -0.381 e. The predicted octanol–water partition coefficient (Wildman–Crippen LogP) is 1.31. The molecule has 1 aliphatic carbocycles. The summed E-state index contributed by atoms with van der Waals surface area (Å²) in [7, 11) is 6.88. The molecule has 0 saturated carbocycles. The van der Waals surface area contributed by atoms with Crippen LogP contribution in [0.2, 0.25) is 0 Å². The Morgan fingerprint density at radius 1 is 1.80 bits per heavy atom. The molecule has 3 heteroatoms. The molecule has 0 aliphatic heterocycles. The lowest BCUT2D eigenvalue weighted by Crippen LogP contribution is -2.33. The van der Waals surface area contributed by atoms with Crippen molar-refractivity contribution in [1.82, 2.24) is 0 Å². The fourth-order valence-electron chi connectivity index (χ4n) is 0.815. The van der Waals surface area contributed by atoms with Crippen molar-refractivity contribution >= 4 is 7.85 Å². The van der Waals surface area contributed by atoms with Crippen LogP contribution in [-0.2, 0) is 4.74 Å². The number of allylic oxidation sites excluding steroid dienone is 2. The molecule has 52 valence electrons. The second-order valence-corrected chi connectivity index (χ2v) is 2.24. The second-order valence-electron chi connectivity index (χ2n) is 2.24. The number of halogens is 1. The van der Waals surface area contributed by atoms with Gasteiger partial charge in [-0.25, -0.2) is 4.39 Å². The fourth-order valence-corrected chi connectivity index (χ4v) is 0.815. The molecule has 0 aromatic rings. The molecule has 0 bridgehead atoms. The van der Waals surface area contributed by atoms with Crippen molar-refractivity contribution in [3.63, 3.8) is 0 Å². The lowest BCUT2D eigenvalue weighted by Gasteiger charge is -2.27. The van der Waals surface area contributed by atoms with E-state index in [1.807, 2.05) is 0 Å². The summed E-state index contributed by atoms with van der Waals surface area (Å²) in [4.78, 5) is 0. The van der Waals surface area contributed by atoms with Gasteiger partial charge in [-0.05, 0) is 12.5 Å². The van der Waals surface area contributed by atoms with E-state index in [4.69, 9.17) is 12.6 Å². The normalized spacial score (nSPS) is 32.0. The van der Waals surface area contributed by atoms with Crippen molar-refractivity contribution in [1.29, 1.82) is 0 Å². The third-order valence-electron chi connectivity index (χ3n) is 1.57. The van der Waals surface area contributed by atoms with Gasteiger partial charge in [-0.2, -0.15) is 0 Å². The van der Waals surface area contributed by atoms with E-state index in [1.54, 1.807) is 12.2 Å². The average Bonchev–Trinajstić information content (AvgIpc) is 1.96. The van der Waals surface area contributed by atoms with E-state index in [2.05, 4.69) is 0 Å². The van der Waals surface area contributed by atoms with Crippen LogP contribution in [-0.4, -0.2) is 20.5 Å². The van der Waals surface area contributed by atoms with Gasteiger partial charge in [-0.3, -0.25) is 0 Å². The van der Waals surface area contributed by atoms with Crippen LogP contribution >= 0.6 is 0 Å². The summed E-state index contributed by atoms with van der Waals surface area (Å²) in [5.74, 6) is -0.419. The summed E-state index contributed by atoms with van der Waals surface area (Å²) in [6.07, 6.45) is 5.10. The summed E-state index contributed by atoms with van der Waals surface area (Å²) in [5, 5.41) is 0. The lowest BCUT2D eigenvalue weighted by atomic mass is 9.75. The van der Waals surface area contributed by atoms with Crippen LogP contribution in [0.25, 0.3) is 0 Å². The molecule has 0 amide bonds. The monoisotopic (exact) mass is 138 g/mol. The largest absolute Gasteiger partial charge is 0.381 e. The third kappa shape index (κ3) is 1.14. The van der Waals surface area contributed by atoms with E-state index < -0.39 is 11.3 Å². The molecule has 0 aromatic carbocycles. The number of methoxy groups -OCH3 is 1. The Morgan fingerprint density at radius 2 is 2.50 bits per heavy atom. The lowest BCUT2D eigenvalue weighted by molar-refractivity contribution is 0.0757. The zero-order valence-corrected chi connectivity index (χ0v) is 5.80. The van der Waals surface area contributed by atoms with Crippen LogP contribution in [0.3, 0.4) is 0 Å². The van der Waals surface area contributed by atoms with Crippen molar-refractivity contribution in [3.05, 3.63) is 24.1 Å². The first-order valence-corrected chi connectivity index (χ1v) is 3.06. The van der Waals surface area contributed by atoms with Crippen LogP contribution in [0.1, 0.15) is 6.42 Å². The predicted molar refractivity (Wildman–Crippen MR) is 38.4 cm³/mol. The second kappa shape index (κ2) is 2.58. The van der Waals surface area contributed by atoms with Gasteiger partial charge in [0.05, 0.1) is 5.50 Å². The van der Waals surface area contributed by atoms with Crippen LogP contribution in [0.15, 0.2) is 24.1 Å². The summed E-state index contributed by atoms with van der Waals surface area (Å²) >= 11 is 0. The molecular formula is C7H8BFO. The Labute approximate surface area is 61.0 Å². The average molecular weight is 138 g/mol. The number of hydrogen-bond donors (Lipinski definition) is 0. The molecule has 0 fully saturated rings. The molecule has 0 heterocycles. The van der Waals surface area contributed by atoms with Crippen LogP contribution in [0.4, 0.5) is 4.39 Å². The van der Waals surface area contributed by atoms with E-state index in [9.17, 15) is 4.39 Å². The van der Waals surface area contributed by atoms with Gasteiger partial charge >= 0.3 is 0 Å². The molecule has 1 rings (SSSR count). The van der Waals surface area contributed by atoms with E-state index >= 15 is 0 Å². The first-order valence-electron chi connectivity index (χ1n) is 3.06. The Bertz CT molecular complexity index is 188. The SMILES string of the molecule is [B]C1(OC)CC=CC=C1F. The van der Waals surface area contributed by atoms with E-state index in [0.717, 1.165) is 0 Å². The molecule has 1 unspecified atom stereocenters. The molecule has 0 saturated heterocycles. The minimum atomic E-state index is -1.21. The van der Waals surface area contributed by atoms with E-state index in [0.29, 0.717) is 6.42 Å². The van der Waals surface area contributed by atoms with Gasteiger partial charge in [0.1, 0.15) is 13.7 Å². The molecule has 1 nitrogen and oxygen atoms in total. The highest BCUT2D eigenvalue weighted by Crippen LogP contribution is 2.26. The molecule has 2 radical (unpaired) electrons. The van der Waals surface area contributed by atoms with Crippen molar-refractivity contribution < 1.29 is 9.13 Å². The standard InChI is InChI=1S/C7H8BFO/c1-10-7(8)5-3-2-4-6(7)9/h2-4H,5H2,1H3. The summed E-state index contributed by atoms with van der Waals surface area (Å²) in [6.45, 7) is 0. The summed E-state index contributed by atoms with van der Waals surface area (Å²) in [5.41, 5.74) is -1.21. The quantitative estimate of drug-likeness (QED) is 0.496. The van der Waals surface area contributed by atoms with Crippen molar-refractivity contribution in [3.8, 4) is 0 Å². The number of hydrogen-bond acceptors (Lipinski definition) is 1. The van der Waals surface area contributed by atoms with Crippen LogP contribution in [0.5, 0.6) is 0 Å². The van der Waals surface area contributed by atoms with Gasteiger partial charge in [0.2, 0.25) is 0 Å². The van der Waals surface area contributed by atoms with Gasteiger partial charge in [-0.15, -0.1) is 0 Å². The first-order chi connectivity index (χ1) is 4.69. The molecule has 1 atom stereocenters. The van der Waals surface area contributed by atoms with Gasteiger partial charge in [0.25, 0.3) is 0 Å². The van der Waals surface area contributed by atoms with Crippen molar-refractivity contribution in [2.45, 2.75) is 11.9 Å². The highest BCUT2D eigenvalue weighted by atomic mass is 19.1. The Hall–Kier alpha value is -0.565. The summed E-state index contributed by atoms with van der Waals surface area (Å²) < 4.78 is 17.6. The Balaban J connectivity index is 2.81. The third-order valence-corrected chi connectivity index (χ3v) is 1.57. The van der Waals surface area contributed by atoms with Crippen molar-refractivity contribution in [2.24, 2.45) is 0 Å². The van der Waals surface area contributed by atoms with E-state index in [1.165, 1.54) is 13.2 Å². The highest BCUT2D eigenvalue weighted by Gasteiger charge is 2.28. The van der Waals surface area contributed by atoms with Gasteiger partial charge in [0.15, 0.2) is 0 Å². The fraction of sp³-hybridized carbons (Fsp3) is 0.429. The number of rotatable bonds is 1. The van der Waals surface area contributed by atoms with Crippen molar-refractivity contribution in [2.75, 3.05) is 7.11 Å². The first kappa shape index (κ1) is 7.54. The van der Waals surface area contributed by atoms with E-state index in [-0.39, 0.29) is 0 Å². The maximum absolute atomic E-state index is 12.8. The van der Waals surface area contributed by atoms with Gasteiger partial charge < -0.3 is 4.74 Å². The molecule has 0 spiro atoms. The van der Waals surface area contributed by atoms with Gasteiger partial charge in [0, 0.05) is 7.11 Å². The van der Waals surface area contributed by atoms with Crippen LogP contribution in [0, 0.1) is 0 Å². The maximum atomic E-state index is 12.8. The minimum absolute atomic E-state index is 0.395. The maximum Gasteiger partial charge on any atom is 0.124 e. The number of ether oxygens (including phenoxy) is 1. The zero-order valence-electron chi connectivity index (χ0n) is 5.80. The molecular weight excluding hydrogens is 130 g/mol.